The van der Waals surface area contributed by atoms with Crippen molar-refractivity contribution in [3.8, 4) is 5.75 Å². The lowest BCUT2D eigenvalue weighted by molar-refractivity contribution is -0.134. The van der Waals surface area contributed by atoms with Crippen LogP contribution in [0.15, 0.2) is 27.6 Å². The van der Waals surface area contributed by atoms with Gasteiger partial charge in [0.15, 0.2) is 0 Å². The van der Waals surface area contributed by atoms with Crippen LogP contribution in [-0.4, -0.2) is 56.8 Å². The molecule has 0 spiro atoms. The van der Waals surface area contributed by atoms with Crippen LogP contribution in [0.5, 0.6) is 5.75 Å². The van der Waals surface area contributed by atoms with Crippen molar-refractivity contribution in [3.63, 3.8) is 0 Å². The largest absolute Gasteiger partial charge is 0.496 e. The second-order valence-corrected chi connectivity index (χ2v) is 8.83. The van der Waals surface area contributed by atoms with Crippen LogP contribution in [0.1, 0.15) is 20.3 Å². The summed E-state index contributed by atoms with van der Waals surface area (Å²) in [5.41, 5.74) is 0. The fourth-order valence-electron chi connectivity index (χ4n) is 2.68. The molecule has 1 heterocycles. The third-order valence-corrected chi connectivity index (χ3v) is 6.54. The van der Waals surface area contributed by atoms with Crippen LogP contribution in [0, 0.1) is 5.92 Å². The van der Waals surface area contributed by atoms with E-state index < -0.39 is 10.0 Å². The molecule has 0 radical (unpaired) electrons. The zero-order valence-corrected chi connectivity index (χ0v) is 16.6. The molecule has 1 amide bonds. The molecule has 1 aliphatic heterocycles. The minimum absolute atomic E-state index is 0.0708. The highest BCUT2D eigenvalue weighted by molar-refractivity contribution is 9.10. The van der Waals surface area contributed by atoms with E-state index in [1.807, 2.05) is 13.8 Å². The number of carbonyl (C=O) groups is 1. The van der Waals surface area contributed by atoms with Crippen LogP contribution in [0.3, 0.4) is 0 Å². The molecule has 1 saturated heterocycles. The topological polar surface area (TPSA) is 66.9 Å². The summed E-state index contributed by atoms with van der Waals surface area (Å²) in [5.74, 6) is 0.575. The van der Waals surface area contributed by atoms with Gasteiger partial charge < -0.3 is 9.64 Å². The summed E-state index contributed by atoms with van der Waals surface area (Å²) in [6.45, 7) is 5.45. The molecule has 0 atom stereocenters. The van der Waals surface area contributed by atoms with Gasteiger partial charge in [0.25, 0.3) is 0 Å². The first-order valence-electron chi connectivity index (χ1n) is 7.90. The molecule has 134 valence electrons. The number of hydrogen-bond donors (Lipinski definition) is 0. The predicted octanol–water partition coefficient (Wildman–Crippen LogP) is 2.34. The Hall–Kier alpha value is -1.12. The van der Waals surface area contributed by atoms with Gasteiger partial charge >= 0.3 is 0 Å². The third kappa shape index (κ3) is 4.10. The molecule has 0 saturated carbocycles. The molecule has 1 aromatic carbocycles. The van der Waals surface area contributed by atoms with E-state index in [4.69, 9.17) is 4.74 Å². The Labute approximate surface area is 151 Å². The Morgan fingerprint density at radius 3 is 2.50 bits per heavy atom. The molecule has 0 unspecified atom stereocenters. The molecular formula is C16H23BrN2O4S. The first-order chi connectivity index (χ1) is 11.3. The number of sulfonamides is 1. The van der Waals surface area contributed by atoms with E-state index in [9.17, 15) is 13.2 Å². The highest BCUT2D eigenvalue weighted by atomic mass is 79.9. The lowest BCUT2D eigenvalue weighted by Crippen LogP contribution is -2.38. The highest BCUT2D eigenvalue weighted by Crippen LogP contribution is 2.29. The second kappa shape index (κ2) is 7.84. The van der Waals surface area contributed by atoms with Crippen molar-refractivity contribution in [1.29, 1.82) is 0 Å². The quantitative estimate of drug-likeness (QED) is 0.752. The minimum atomic E-state index is -3.59. The first-order valence-corrected chi connectivity index (χ1v) is 10.1. The van der Waals surface area contributed by atoms with E-state index in [2.05, 4.69) is 15.9 Å². The number of hydrogen-bond acceptors (Lipinski definition) is 4. The van der Waals surface area contributed by atoms with Crippen molar-refractivity contribution in [2.24, 2.45) is 5.92 Å². The smallest absolute Gasteiger partial charge is 0.243 e. The number of carbonyl (C=O) groups excluding carboxylic acids is 1. The number of benzene rings is 1. The zero-order chi connectivity index (χ0) is 17.9. The van der Waals surface area contributed by atoms with Gasteiger partial charge in [-0.25, -0.2) is 8.42 Å². The maximum absolute atomic E-state index is 12.9. The van der Waals surface area contributed by atoms with Gasteiger partial charge in [-0.15, -0.1) is 0 Å². The van der Waals surface area contributed by atoms with Crippen LogP contribution in [0.2, 0.25) is 0 Å². The van der Waals surface area contributed by atoms with Gasteiger partial charge in [-0.1, -0.05) is 13.8 Å². The zero-order valence-electron chi connectivity index (χ0n) is 14.2. The van der Waals surface area contributed by atoms with Crippen LogP contribution >= 0.6 is 15.9 Å². The monoisotopic (exact) mass is 418 g/mol. The van der Waals surface area contributed by atoms with Gasteiger partial charge in [0.05, 0.1) is 16.5 Å². The number of nitrogens with zero attached hydrogens (tertiary/aromatic N) is 2. The van der Waals surface area contributed by atoms with Gasteiger partial charge in [-0.2, -0.15) is 4.31 Å². The summed E-state index contributed by atoms with van der Waals surface area (Å²) in [6, 6.07) is 4.72. The Balaban J connectivity index is 2.18. The van der Waals surface area contributed by atoms with E-state index in [1.165, 1.54) is 11.4 Å². The SMILES string of the molecule is COc1ccc(S(=O)(=O)N2CCCN(C(=O)C(C)C)CC2)cc1Br. The molecule has 6 nitrogen and oxygen atoms in total. The molecule has 1 aliphatic rings. The summed E-state index contributed by atoms with van der Waals surface area (Å²) >= 11 is 3.32. The summed E-state index contributed by atoms with van der Waals surface area (Å²) in [7, 11) is -2.06. The third-order valence-electron chi connectivity index (χ3n) is 4.02. The lowest BCUT2D eigenvalue weighted by Gasteiger charge is -2.23. The van der Waals surface area contributed by atoms with Gasteiger partial charge in [0.2, 0.25) is 15.9 Å². The van der Waals surface area contributed by atoms with Crippen LogP contribution in [0.25, 0.3) is 0 Å². The summed E-state index contributed by atoms with van der Waals surface area (Å²) in [5, 5.41) is 0. The maximum Gasteiger partial charge on any atom is 0.243 e. The van der Waals surface area contributed by atoms with Gasteiger partial charge in [-0.05, 0) is 40.5 Å². The standard InChI is InChI=1S/C16H23BrN2O4S/c1-12(2)16(20)18-7-4-8-19(10-9-18)24(21,22)13-5-6-15(23-3)14(17)11-13/h5-6,11-12H,4,7-10H2,1-3H3. The molecular weight excluding hydrogens is 396 g/mol. The van der Waals surface area contributed by atoms with Crippen molar-refractivity contribution in [2.75, 3.05) is 33.3 Å². The Bertz CT molecular complexity index is 706. The fourth-order valence-corrected chi connectivity index (χ4v) is 4.86. The van der Waals surface area contributed by atoms with E-state index in [-0.39, 0.29) is 16.7 Å². The molecule has 0 bridgehead atoms. The molecule has 24 heavy (non-hydrogen) atoms. The number of amides is 1. The molecule has 1 aromatic rings. The van der Waals surface area contributed by atoms with Gasteiger partial charge in [-0.3, -0.25) is 4.79 Å². The summed E-state index contributed by atoms with van der Waals surface area (Å²) in [6.07, 6.45) is 0.634. The van der Waals surface area contributed by atoms with E-state index in [0.29, 0.717) is 42.8 Å². The van der Waals surface area contributed by atoms with E-state index >= 15 is 0 Å². The fraction of sp³-hybridized carbons (Fsp3) is 0.562. The molecule has 0 aromatic heterocycles. The number of halogens is 1. The highest BCUT2D eigenvalue weighted by Gasteiger charge is 2.29. The van der Waals surface area contributed by atoms with Crippen LogP contribution in [-0.2, 0) is 14.8 Å². The van der Waals surface area contributed by atoms with Crippen molar-refractivity contribution in [3.05, 3.63) is 22.7 Å². The lowest BCUT2D eigenvalue weighted by atomic mass is 10.2. The Morgan fingerprint density at radius 1 is 1.21 bits per heavy atom. The van der Waals surface area contributed by atoms with Crippen molar-refractivity contribution in [1.82, 2.24) is 9.21 Å². The first kappa shape index (κ1) is 19.2. The van der Waals surface area contributed by atoms with E-state index in [0.717, 1.165) is 0 Å². The van der Waals surface area contributed by atoms with Crippen molar-refractivity contribution in [2.45, 2.75) is 25.2 Å². The summed E-state index contributed by atoms with van der Waals surface area (Å²) < 4.78 is 32.9. The Kier molecular flexibility index (Phi) is 6.28. The molecule has 8 heteroatoms. The predicted molar refractivity (Wildman–Crippen MR) is 95.5 cm³/mol. The summed E-state index contributed by atoms with van der Waals surface area (Å²) in [4.78, 5) is 14.1. The second-order valence-electron chi connectivity index (χ2n) is 6.03. The number of methoxy groups -OCH3 is 1. The molecule has 0 N–H and O–H groups in total. The number of rotatable bonds is 4. The average Bonchev–Trinajstić information content (AvgIpc) is 2.80. The average molecular weight is 419 g/mol. The Morgan fingerprint density at radius 2 is 1.92 bits per heavy atom. The molecule has 1 fully saturated rings. The van der Waals surface area contributed by atoms with Crippen LogP contribution < -0.4 is 4.74 Å². The molecule has 2 rings (SSSR count). The van der Waals surface area contributed by atoms with Gasteiger partial charge in [0, 0.05) is 32.1 Å². The molecule has 0 aliphatic carbocycles. The van der Waals surface area contributed by atoms with Crippen molar-refractivity contribution < 1.29 is 17.9 Å². The van der Waals surface area contributed by atoms with Crippen LogP contribution in [0.4, 0.5) is 0 Å². The maximum atomic E-state index is 12.9. The van der Waals surface area contributed by atoms with Crippen molar-refractivity contribution >= 4 is 31.9 Å². The number of ether oxygens (including phenoxy) is 1. The van der Waals surface area contributed by atoms with Gasteiger partial charge in [0.1, 0.15) is 5.75 Å². The van der Waals surface area contributed by atoms with E-state index in [1.54, 1.807) is 23.1 Å². The minimum Gasteiger partial charge on any atom is -0.496 e. The normalized spacial score (nSPS) is 17.0.